The summed E-state index contributed by atoms with van der Waals surface area (Å²) in [7, 11) is 0. The average Bonchev–Trinajstić information content (AvgIpc) is 2.59. The number of rotatable bonds is 1. The highest BCUT2D eigenvalue weighted by Gasteiger charge is 2.03. The number of aromatic nitrogens is 1. The van der Waals surface area contributed by atoms with Crippen LogP contribution in [0, 0.1) is 0 Å². The molecule has 0 saturated heterocycles. The summed E-state index contributed by atoms with van der Waals surface area (Å²) in [4.78, 5) is 4.29. The summed E-state index contributed by atoms with van der Waals surface area (Å²) in [5, 5.41) is 0.753. The number of hydrogen-bond donors (Lipinski definition) is 0. The topological polar surface area (TPSA) is 12.9 Å². The zero-order valence-corrected chi connectivity index (χ0v) is 7.94. The van der Waals surface area contributed by atoms with Crippen LogP contribution in [0.2, 0.25) is 0 Å². The highest BCUT2D eigenvalue weighted by atomic mass is 32.1. The molecule has 0 atom stereocenters. The molecule has 0 aliphatic carbocycles. The van der Waals surface area contributed by atoms with E-state index >= 15 is 0 Å². The van der Waals surface area contributed by atoms with Crippen molar-refractivity contribution in [1.82, 2.24) is 4.98 Å². The van der Waals surface area contributed by atoms with Crippen molar-refractivity contribution in [3.63, 3.8) is 0 Å². The van der Waals surface area contributed by atoms with E-state index in [1.54, 1.807) is 6.92 Å². The summed E-state index contributed by atoms with van der Waals surface area (Å²) >= 11 is 1.51. The monoisotopic (exact) mass is 193 g/mol. The van der Waals surface area contributed by atoms with E-state index in [2.05, 4.69) is 4.98 Å². The second-order valence-corrected chi connectivity index (χ2v) is 3.81. The molecule has 66 valence electrons. The second kappa shape index (κ2) is 3.26. The van der Waals surface area contributed by atoms with Crippen LogP contribution in [-0.4, -0.2) is 4.98 Å². The van der Waals surface area contributed by atoms with Gasteiger partial charge in [0.1, 0.15) is 5.01 Å². The number of para-hydroxylation sites is 1. The Labute approximate surface area is 79.5 Å². The van der Waals surface area contributed by atoms with Crippen molar-refractivity contribution in [2.75, 3.05) is 0 Å². The molecule has 0 radical (unpaired) electrons. The molecule has 0 amide bonds. The van der Waals surface area contributed by atoms with Gasteiger partial charge in [0.15, 0.2) is 0 Å². The van der Waals surface area contributed by atoms with Crippen molar-refractivity contribution in [1.29, 1.82) is 0 Å². The molecule has 0 unspecified atom stereocenters. The Balaban J connectivity index is 2.62. The van der Waals surface area contributed by atoms with Crippen LogP contribution >= 0.6 is 11.3 Å². The van der Waals surface area contributed by atoms with Crippen molar-refractivity contribution in [3.05, 3.63) is 35.6 Å². The number of fused-ring (bicyclic) bond motifs is 1. The Kier molecular flexibility index (Phi) is 2.10. The molecular formula is C10H8FNS. The van der Waals surface area contributed by atoms with Crippen molar-refractivity contribution < 1.29 is 4.39 Å². The molecule has 1 heterocycles. The lowest BCUT2D eigenvalue weighted by molar-refractivity contribution is 0.723. The van der Waals surface area contributed by atoms with Gasteiger partial charge in [-0.25, -0.2) is 9.37 Å². The molecule has 0 aliphatic heterocycles. The van der Waals surface area contributed by atoms with Crippen molar-refractivity contribution in [2.45, 2.75) is 6.92 Å². The molecular weight excluding hydrogens is 185 g/mol. The fourth-order valence-corrected chi connectivity index (χ4v) is 2.01. The molecule has 13 heavy (non-hydrogen) atoms. The van der Waals surface area contributed by atoms with Crippen molar-refractivity contribution in [3.8, 4) is 0 Å². The summed E-state index contributed by atoms with van der Waals surface area (Å²) in [6.45, 7) is 1.72. The van der Waals surface area contributed by atoms with Gasteiger partial charge in [-0.05, 0) is 19.1 Å². The van der Waals surface area contributed by atoms with Crippen LogP contribution < -0.4 is 0 Å². The van der Waals surface area contributed by atoms with Crippen LogP contribution in [-0.2, 0) is 0 Å². The first-order valence-corrected chi connectivity index (χ1v) is 4.76. The number of benzene rings is 1. The largest absolute Gasteiger partial charge is 0.236 e. The first-order chi connectivity index (χ1) is 6.31. The third kappa shape index (κ3) is 1.47. The number of nitrogens with zero attached hydrogens (tertiary/aromatic N) is 1. The van der Waals surface area contributed by atoms with Crippen LogP contribution in [0.1, 0.15) is 11.9 Å². The van der Waals surface area contributed by atoms with E-state index in [1.807, 2.05) is 24.3 Å². The molecule has 0 N–H and O–H groups in total. The first kappa shape index (κ1) is 8.38. The zero-order chi connectivity index (χ0) is 9.26. The predicted molar refractivity (Wildman–Crippen MR) is 54.4 cm³/mol. The van der Waals surface area contributed by atoms with Gasteiger partial charge in [0.2, 0.25) is 0 Å². The van der Waals surface area contributed by atoms with Gasteiger partial charge in [-0.15, -0.1) is 11.3 Å². The molecule has 0 spiro atoms. The molecule has 0 bridgehead atoms. The van der Waals surface area contributed by atoms with Gasteiger partial charge in [-0.1, -0.05) is 12.1 Å². The number of thiazole rings is 1. The molecule has 1 aromatic heterocycles. The smallest absolute Gasteiger partial charge is 0.122 e. The second-order valence-electron chi connectivity index (χ2n) is 2.78. The third-order valence-electron chi connectivity index (χ3n) is 1.79. The number of allylic oxidation sites excluding steroid dienone is 1. The van der Waals surface area contributed by atoms with E-state index in [1.165, 1.54) is 11.3 Å². The average molecular weight is 193 g/mol. The van der Waals surface area contributed by atoms with E-state index in [0.29, 0.717) is 11.9 Å². The summed E-state index contributed by atoms with van der Waals surface area (Å²) < 4.78 is 13.3. The zero-order valence-electron chi connectivity index (χ0n) is 7.12. The summed E-state index contributed by atoms with van der Waals surface area (Å²) in [6.07, 6.45) is 0.595. The van der Waals surface area contributed by atoms with E-state index < -0.39 is 0 Å². The molecule has 2 aromatic rings. The lowest BCUT2D eigenvalue weighted by Crippen LogP contribution is -1.73. The Morgan fingerprint density at radius 1 is 1.46 bits per heavy atom. The van der Waals surface area contributed by atoms with E-state index in [0.717, 1.165) is 15.2 Å². The summed E-state index contributed by atoms with van der Waals surface area (Å²) in [5.41, 5.74) is 1.52. The fraction of sp³-hybridized carbons (Fsp3) is 0.100. The van der Waals surface area contributed by atoms with Crippen LogP contribution in [0.15, 0.2) is 30.6 Å². The SMILES string of the molecule is C/C(=C/F)c1nc2ccccc2s1. The maximum Gasteiger partial charge on any atom is 0.122 e. The van der Waals surface area contributed by atoms with Gasteiger partial charge in [0.25, 0.3) is 0 Å². The van der Waals surface area contributed by atoms with E-state index in [9.17, 15) is 4.39 Å². The minimum atomic E-state index is 0.584. The van der Waals surface area contributed by atoms with Gasteiger partial charge < -0.3 is 0 Å². The minimum Gasteiger partial charge on any atom is -0.236 e. The Hall–Kier alpha value is -1.22. The minimum absolute atomic E-state index is 0.584. The van der Waals surface area contributed by atoms with Crippen molar-refractivity contribution >= 4 is 27.1 Å². The van der Waals surface area contributed by atoms with Crippen molar-refractivity contribution in [2.24, 2.45) is 0 Å². The molecule has 1 nitrogen and oxygen atoms in total. The van der Waals surface area contributed by atoms with Gasteiger partial charge in [-0.3, -0.25) is 0 Å². The van der Waals surface area contributed by atoms with Crippen LogP contribution in [0.3, 0.4) is 0 Å². The maximum absolute atomic E-state index is 12.2. The van der Waals surface area contributed by atoms with Gasteiger partial charge in [0, 0.05) is 5.57 Å². The quantitative estimate of drug-likeness (QED) is 0.674. The summed E-state index contributed by atoms with van der Waals surface area (Å²) in [6, 6.07) is 7.81. The highest BCUT2D eigenvalue weighted by molar-refractivity contribution is 7.19. The van der Waals surface area contributed by atoms with Crippen LogP contribution in [0.4, 0.5) is 4.39 Å². The number of halogens is 1. The molecule has 3 heteroatoms. The van der Waals surface area contributed by atoms with Gasteiger partial charge in [0.05, 0.1) is 16.5 Å². The lowest BCUT2D eigenvalue weighted by atomic mass is 10.3. The van der Waals surface area contributed by atoms with E-state index in [4.69, 9.17) is 0 Å². The Morgan fingerprint density at radius 3 is 2.92 bits per heavy atom. The van der Waals surface area contributed by atoms with Crippen LogP contribution in [0.5, 0.6) is 0 Å². The molecule has 0 fully saturated rings. The maximum atomic E-state index is 12.2. The molecule has 2 rings (SSSR count). The number of hydrogen-bond acceptors (Lipinski definition) is 2. The van der Waals surface area contributed by atoms with E-state index in [-0.39, 0.29) is 0 Å². The lowest BCUT2D eigenvalue weighted by Gasteiger charge is -1.87. The predicted octanol–water partition coefficient (Wildman–Crippen LogP) is 3.63. The van der Waals surface area contributed by atoms with Gasteiger partial charge in [-0.2, -0.15) is 0 Å². The first-order valence-electron chi connectivity index (χ1n) is 3.94. The van der Waals surface area contributed by atoms with Gasteiger partial charge >= 0.3 is 0 Å². The highest BCUT2D eigenvalue weighted by Crippen LogP contribution is 2.26. The normalized spacial score (nSPS) is 12.3. The van der Waals surface area contributed by atoms with Crippen LogP contribution in [0.25, 0.3) is 15.8 Å². The molecule has 0 aliphatic rings. The third-order valence-corrected chi connectivity index (χ3v) is 2.97. The Bertz CT molecular complexity index is 426. The standard InChI is InChI=1S/C10H8FNS/c1-7(6-11)10-12-8-4-2-3-5-9(8)13-10/h2-6H,1H3/b7-6-. The fourth-order valence-electron chi connectivity index (χ4n) is 1.09. The summed E-state index contributed by atoms with van der Waals surface area (Å²) in [5.74, 6) is 0. The molecule has 1 aromatic carbocycles. The Morgan fingerprint density at radius 2 is 2.23 bits per heavy atom. The molecule has 0 saturated carbocycles.